The second-order valence-electron chi connectivity index (χ2n) is 2.62. The lowest BCUT2D eigenvalue weighted by Crippen LogP contribution is -2.39. The molecule has 4 nitrogen and oxygen atoms in total. The first kappa shape index (κ1) is 10.2. The summed E-state index contributed by atoms with van der Waals surface area (Å²) in [5.74, 6) is -0.0175. The van der Waals surface area contributed by atoms with Crippen LogP contribution in [0.2, 0.25) is 0 Å². The van der Waals surface area contributed by atoms with Gasteiger partial charge in [-0.15, -0.1) is 0 Å². The minimum absolute atomic E-state index is 0.0127. The normalized spacial score (nSPS) is 15.5. The average Bonchev–Trinajstić information content (AvgIpc) is 1.98. The molecule has 0 bridgehead atoms. The number of rotatable bonds is 4. The summed E-state index contributed by atoms with van der Waals surface area (Å²) in [4.78, 5) is 10.2. The SMILES string of the molecule is CCC(NC(=O)O)C(C)CO. The highest BCUT2D eigenvalue weighted by Gasteiger charge is 2.15. The Labute approximate surface area is 66.2 Å². The molecule has 0 aliphatic carbocycles. The third kappa shape index (κ3) is 3.83. The Kier molecular flexibility index (Phi) is 4.61. The monoisotopic (exact) mass is 161 g/mol. The van der Waals surface area contributed by atoms with Crippen LogP contribution in [0, 0.1) is 5.92 Å². The maximum Gasteiger partial charge on any atom is 0.404 e. The molecule has 0 aromatic carbocycles. The molecule has 0 heterocycles. The van der Waals surface area contributed by atoms with Crippen LogP contribution in [0.1, 0.15) is 20.3 Å². The molecule has 0 aliphatic heterocycles. The molecule has 3 N–H and O–H groups in total. The van der Waals surface area contributed by atoms with Gasteiger partial charge in [-0.25, -0.2) is 4.79 Å². The van der Waals surface area contributed by atoms with Crippen LogP contribution in [0.5, 0.6) is 0 Å². The lowest BCUT2D eigenvalue weighted by molar-refractivity contribution is 0.168. The maximum absolute atomic E-state index is 10.2. The minimum atomic E-state index is -1.03. The van der Waals surface area contributed by atoms with Crippen LogP contribution in [0.25, 0.3) is 0 Å². The smallest absolute Gasteiger partial charge is 0.404 e. The van der Waals surface area contributed by atoms with E-state index >= 15 is 0 Å². The molecule has 0 saturated carbocycles. The Balaban J connectivity index is 3.84. The summed E-state index contributed by atoms with van der Waals surface area (Å²) in [6.45, 7) is 3.70. The fourth-order valence-corrected chi connectivity index (χ4v) is 0.933. The summed E-state index contributed by atoms with van der Waals surface area (Å²) in [5, 5.41) is 19.4. The first-order valence-electron chi connectivity index (χ1n) is 3.72. The Morgan fingerprint density at radius 3 is 2.45 bits per heavy atom. The average molecular weight is 161 g/mol. The molecular formula is C7H15NO3. The van der Waals surface area contributed by atoms with E-state index in [1.54, 1.807) is 0 Å². The third-order valence-corrected chi connectivity index (χ3v) is 1.72. The van der Waals surface area contributed by atoms with E-state index in [1.165, 1.54) is 0 Å². The molecular weight excluding hydrogens is 146 g/mol. The van der Waals surface area contributed by atoms with Crippen molar-refractivity contribution in [3.8, 4) is 0 Å². The molecule has 66 valence electrons. The van der Waals surface area contributed by atoms with Gasteiger partial charge < -0.3 is 15.5 Å². The van der Waals surface area contributed by atoms with Gasteiger partial charge in [0.25, 0.3) is 0 Å². The van der Waals surface area contributed by atoms with Gasteiger partial charge in [0, 0.05) is 12.6 Å². The van der Waals surface area contributed by atoms with Crippen molar-refractivity contribution < 1.29 is 15.0 Å². The van der Waals surface area contributed by atoms with Gasteiger partial charge in [0.15, 0.2) is 0 Å². The predicted molar refractivity (Wildman–Crippen MR) is 41.5 cm³/mol. The zero-order valence-corrected chi connectivity index (χ0v) is 6.87. The molecule has 4 heteroatoms. The van der Waals surface area contributed by atoms with Gasteiger partial charge in [0.05, 0.1) is 0 Å². The van der Waals surface area contributed by atoms with Gasteiger partial charge in [0.1, 0.15) is 0 Å². The van der Waals surface area contributed by atoms with Gasteiger partial charge in [-0.2, -0.15) is 0 Å². The molecule has 0 saturated heterocycles. The topological polar surface area (TPSA) is 69.6 Å². The van der Waals surface area contributed by atoms with Crippen LogP contribution in [0.3, 0.4) is 0 Å². The zero-order valence-electron chi connectivity index (χ0n) is 6.87. The fraction of sp³-hybridized carbons (Fsp3) is 0.857. The van der Waals surface area contributed by atoms with E-state index in [1.807, 2.05) is 13.8 Å². The van der Waals surface area contributed by atoms with Crippen molar-refractivity contribution >= 4 is 6.09 Å². The number of carbonyl (C=O) groups is 1. The molecule has 0 fully saturated rings. The maximum atomic E-state index is 10.2. The van der Waals surface area contributed by atoms with E-state index in [0.717, 1.165) is 0 Å². The van der Waals surface area contributed by atoms with Gasteiger partial charge >= 0.3 is 6.09 Å². The highest BCUT2D eigenvalue weighted by molar-refractivity contribution is 5.64. The summed E-state index contributed by atoms with van der Waals surface area (Å²) in [7, 11) is 0. The van der Waals surface area contributed by atoms with Crippen molar-refractivity contribution in [1.82, 2.24) is 5.32 Å². The number of carboxylic acid groups (broad SMARTS) is 1. The van der Waals surface area contributed by atoms with E-state index in [2.05, 4.69) is 5.32 Å². The minimum Gasteiger partial charge on any atom is -0.465 e. The Bertz CT molecular complexity index is 127. The number of hydrogen-bond acceptors (Lipinski definition) is 2. The first-order chi connectivity index (χ1) is 5.11. The molecule has 2 atom stereocenters. The van der Waals surface area contributed by atoms with Crippen LogP contribution < -0.4 is 5.32 Å². The lowest BCUT2D eigenvalue weighted by Gasteiger charge is -2.20. The Morgan fingerprint density at radius 1 is 1.64 bits per heavy atom. The van der Waals surface area contributed by atoms with E-state index in [-0.39, 0.29) is 18.6 Å². The predicted octanol–water partition coefficient (Wildman–Crippen LogP) is 0.661. The van der Waals surface area contributed by atoms with Crippen molar-refractivity contribution in [1.29, 1.82) is 0 Å². The van der Waals surface area contributed by atoms with E-state index in [4.69, 9.17) is 10.2 Å². The van der Waals surface area contributed by atoms with Crippen LogP contribution in [0.15, 0.2) is 0 Å². The van der Waals surface area contributed by atoms with Crippen molar-refractivity contribution in [2.75, 3.05) is 6.61 Å². The fourth-order valence-electron chi connectivity index (χ4n) is 0.933. The molecule has 0 aromatic rings. The zero-order chi connectivity index (χ0) is 8.85. The van der Waals surface area contributed by atoms with Crippen LogP contribution >= 0.6 is 0 Å². The Hall–Kier alpha value is -0.770. The third-order valence-electron chi connectivity index (χ3n) is 1.72. The van der Waals surface area contributed by atoms with E-state index in [9.17, 15) is 4.79 Å². The standard InChI is InChI=1S/C7H15NO3/c1-3-6(5(2)4-9)8-7(10)11/h5-6,8-9H,3-4H2,1-2H3,(H,10,11). The number of amides is 1. The molecule has 0 radical (unpaired) electrons. The summed E-state index contributed by atoms with van der Waals surface area (Å²) in [6.07, 6.45) is -0.328. The summed E-state index contributed by atoms with van der Waals surface area (Å²) in [6, 6.07) is -0.141. The van der Waals surface area contributed by atoms with Crippen molar-refractivity contribution in [2.45, 2.75) is 26.3 Å². The van der Waals surface area contributed by atoms with Crippen LogP contribution in [-0.4, -0.2) is 29.0 Å². The number of hydrogen-bond donors (Lipinski definition) is 3. The highest BCUT2D eigenvalue weighted by Crippen LogP contribution is 2.04. The van der Waals surface area contributed by atoms with E-state index in [0.29, 0.717) is 6.42 Å². The molecule has 0 rings (SSSR count). The second kappa shape index (κ2) is 4.96. The number of aliphatic hydroxyl groups excluding tert-OH is 1. The summed E-state index contributed by atoms with van der Waals surface area (Å²) < 4.78 is 0. The molecule has 0 spiro atoms. The molecule has 11 heavy (non-hydrogen) atoms. The van der Waals surface area contributed by atoms with Crippen molar-refractivity contribution in [3.63, 3.8) is 0 Å². The molecule has 1 amide bonds. The quantitative estimate of drug-likeness (QED) is 0.567. The second-order valence-corrected chi connectivity index (χ2v) is 2.62. The number of aliphatic hydroxyl groups is 1. The molecule has 0 aromatic heterocycles. The van der Waals surface area contributed by atoms with Crippen molar-refractivity contribution in [3.05, 3.63) is 0 Å². The lowest BCUT2D eigenvalue weighted by atomic mass is 10.0. The van der Waals surface area contributed by atoms with Gasteiger partial charge in [0.2, 0.25) is 0 Å². The summed E-state index contributed by atoms with van der Waals surface area (Å²) >= 11 is 0. The summed E-state index contributed by atoms with van der Waals surface area (Å²) in [5.41, 5.74) is 0. The van der Waals surface area contributed by atoms with Crippen LogP contribution in [0.4, 0.5) is 4.79 Å². The Morgan fingerprint density at radius 2 is 2.18 bits per heavy atom. The van der Waals surface area contributed by atoms with Gasteiger partial charge in [-0.1, -0.05) is 13.8 Å². The highest BCUT2D eigenvalue weighted by atomic mass is 16.4. The largest absolute Gasteiger partial charge is 0.465 e. The van der Waals surface area contributed by atoms with Crippen LogP contribution in [-0.2, 0) is 0 Å². The number of nitrogens with one attached hydrogen (secondary N) is 1. The van der Waals surface area contributed by atoms with Crippen molar-refractivity contribution in [2.24, 2.45) is 5.92 Å². The van der Waals surface area contributed by atoms with E-state index < -0.39 is 6.09 Å². The first-order valence-corrected chi connectivity index (χ1v) is 3.72. The molecule has 2 unspecified atom stereocenters. The van der Waals surface area contributed by atoms with Gasteiger partial charge in [-0.3, -0.25) is 0 Å². The van der Waals surface area contributed by atoms with Gasteiger partial charge in [-0.05, 0) is 12.3 Å². The molecule has 0 aliphatic rings.